The molecule has 1 fully saturated rings. The average Bonchev–Trinajstić information content (AvgIpc) is 2.78. The SMILES string of the molecule is CCCOc1ccc(S(=O)(=O)N2CCC(=NOCc3cccc(C(F)(F)F)c3)CC2)cc1. The highest BCUT2D eigenvalue weighted by atomic mass is 32.2. The molecular formula is C22H25F3N2O4S. The van der Waals surface area contributed by atoms with Crippen LogP contribution >= 0.6 is 0 Å². The van der Waals surface area contributed by atoms with Crippen molar-refractivity contribution in [3.8, 4) is 5.75 Å². The third kappa shape index (κ3) is 6.23. The summed E-state index contributed by atoms with van der Waals surface area (Å²) < 4.78 is 70.9. The number of oxime groups is 1. The topological polar surface area (TPSA) is 68.2 Å². The Labute approximate surface area is 185 Å². The molecule has 0 amide bonds. The highest BCUT2D eigenvalue weighted by Gasteiger charge is 2.30. The maximum Gasteiger partial charge on any atom is 0.416 e. The Morgan fingerprint density at radius 2 is 1.75 bits per heavy atom. The Balaban J connectivity index is 1.53. The third-order valence-electron chi connectivity index (χ3n) is 4.91. The summed E-state index contributed by atoms with van der Waals surface area (Å²) in [5, 5.41) is 4.00. The predicted octanol–water partition coefficient (Wildman–Crippen LogP) is 4.85. The zero-order valence-corrected chi connectivity index (χ0v) is 18.5. The molecule has 2 aromatic rings. The van der Waals surface area contributed by atoms with Gasteiger partial charge in [0.25, 0.3) is 0 Å². The van der Waals surface area contributed by atoms with E-state index in [-0.39, 0.29) is 24.6 Å². The number of hydrogen-bond acceptors (Lipinski definition) is 5. The Morgan fingerprint density at radius 1 is 1.06 bits per heavy atom. The van der Waals surface area contributed by atoms with Gasteiger partial charge in [0, 0.05) is 25.9 Å². The molecule has 0 N–H and O–H groups in total. The molecule has 0 atom stereocenters. The summed E-state index contributed by atoms with van der Waals surface area (Å²) in [6, 6.07) is 11.2. The third-order valence-corrected chi connectivity index (χ3v) is 6.83. The molecule has 1 aliphatic rings. The van der Waals surface area contributed by atoms with Gasteiger partial charge in [-0.15, -0.1) is 0 Å². The Hall–Kier alpha value is -2.59. The number of alkyl halides is 3. The van der Waals surface area contributed by atoms with Gasteiger partial charge in [-0.3, -0.25) is 0 Å². The van der Waals surface area contributed by atoms with Gasteiger partial charge >= 0.3 is 6.18 Å². The molecule has 0 unspecified atom stereocenters. The molecule has 1 aliphatic heterocycles. The van der Waals surface area contributed by atoms with E-state index in [0.29, 0.717) is 36.5 Å². The van der Waals surface area contributed by atoms with Gasteiger partial charge in [0.1, 0.15) is 12.4 Å². The van der Waals surface area contributed by atoms with Gasteiger partial charge in [0.05, 0.1) is 22.8 Å². The smallest absolute Gasteiger partial charge is 0.416 e. The minimum absolute atomic E-state index is 0.0954. The van der Waals surface area contributed by atoms with Crippen LogP contribution in [0, 0.1) is 0 Å². The first-order valence-electron chi connectivity index (χ1n) is 10.3. The van der Waals surface area contributed by atoms with Crippen molar-refractivity contribution in [2.75, 3.05) is 19.7 Å². The maximum absolute atomic E-state index is 12.9. The highest BCUT2D eigenvalue weighted by molar-refractivity contribution is 7.89. The number of benzene rings is 2. The van der Waals surface area contributed by atoms with Gasteiger partial charge in [0.2, 0.25) is 10.0 Å². The minimum atomic E-state index is -4.41. The molecule has 1 heterocycles. The molecule has 1 saturated heterocycles. The summed E-state index contributed by atoms with van der Waals surface area (Å²) in [4.78, 5) is 5.41. The average molecular weight is 471 g/mol. The molecule has 0 aromatic heterocycles. The van der Waals surface area contributed by atoms with Crippen LogP contribution < -0.4 is 4.74 Å². The number of sulfonamides is 1. The summed E-state index contributed by atoms with van der Waals surface area (Å²) >= 11 is 0. The van der Waals surface area contributed by atoms with Crippen LogP contribution in [0.25, 0.3) is 0 Å². The molecule has 174 valence electrons. The molecule has 0 bridgehead atoms. The Kier molecular flexibility index (Phi) is 7.78. The molecular weight excluding hydrogens is 445 g/mol. The van der Waals surface area contributed by atoms with Crippen molar-refractivity contribution < 1.29 is 31.2 Å². The van der Waals surface area contributed by atoms with Crippen LogP contribution in [-0.4, -0.2) is 38.1 Å². The van der Waals surface area contributed by atoms with Crippen molar-refractivity contribution in [2.45, 2.75) is 43.9 Å². The van der Waals surface area contributed by atoms with Gasteiger partial charge in [-0.1, -0.05) is 24.2 Å². The van der Waals surface area contributed by atoms with Gasteiger partial charge in [0.15, 0.2) is 0 Å². The minimum Gasteiger partial charge on any atom is -0.494 e. The van der Waals surface area contributed by atoms with Crippen LogP contribution in [0.5, 0.6) is 5.75 Å². The summed E-state index contributed by atoms with van der Waals surface area (Å²) in [5.41, 5.74) is 0.289. The van der Waals surface area contributed by atoms with E-state index < -0.39 is 21.8 Å². The zero-order valence-electron chi connectivity index (χ0n) is 17.6. The van der Waals surface area contributed by atoms with Crippen LogP contribution in [0.1, 0.15) is 37.3 Å². The zero-order chi connectivity index (χ0) is 23.2. The van der Waals surface area contributed by atoms with Crippen molar-refractivity contribution >= 4 is 15.7 Å². The maximum atomic E-state index is 12.9. The van der Waals surface area contributed by atoms with Crippen molar-refractivity contribution in [1.29, 1.82) is 0 Å². The largest absolute Gasteiger partial charge is 0.494 e. The summed E-state index contributed by atoms with van der Waals surface area (Å²) in [7, 11) is -3.63. The van der Waals surface area contributed by atoms with Crippen LogP contribution in [0.15, 0.2) is 58.6 Å². The number of nitrogens with zero attached hydrogens (tertiary/aromatic N) is 2. The molecule has 32 heavy (non-hydrogen) atoms. The van der Waals surface area contributed by atoms with Crippen molar-refractivity contribution in [1.82, 2.24) is 4.31 Å². The van der Waals surface area contributed by atoms with E-state index in [1.54, 1.807) is 12.1 Å². The number of halogens is 3. The molecule has 6 nitrogen and oxygen atoms in total. The second kappa shape index (κ2) is 10.4. The fourth-order valence-corrected chi connectivity index (χ4v) is 4.63. The number of piperidine rings is 1. The van der Waals surface area contributed by atoms with Crippen molar-refractivity contribution in [3.05, 3.63) is 59.7 Å². The fourth-order valence-electron chi connectivity index (χ4n) is 3.19. The monoisotopic (exact) mass is 470 g/mol. The van der Waals surface area contributed by atoms with E-state index in [2.05, 4.69) is 5.16 Å². The van der Waals surface area contributed by atoms with Crippen LogP contribution in [0.4, 0.5) is 13.2 Å². The molecule has 0 spiro atoms. The first kappa shape index (κ1) is 24.1. The molecule has 3 rings (SSSR count). The van der Waals surface area contributed by atoms with Crippen molar-refractivity contribution in [2.24, 2.45) is 5.16 Å². The van der Waals surface area contributed by atoms with E-state index in [1.165, 1.54) is 28.6 Å². The van der Waals surface area contributed by atoms with Gasteiger partial charge in [-0.2, -0.15) is 17.5 Å². The van der Waals surface area contributed by atoms with E-state index in [4.69, 9.17) is 9.57 Å². The Morgan fingerprint density at radius 3 is 2.38 bits per heavy atom. The second-order valence-corrected chi connectivity index (χ2v) is 9.29. The first-order valence-corrected chi connectivity index (χ1v) is 11.7. The van der Waals surface area contributed by atoms with Crippen LogP contribution in [-0.2, 0) is 27.6 Å². The quantitative estimate of drug-likeness (QED) is 0.517. The van der Waals surface area contributed by atoms with Gasteiger partial charge in [-0.25, -0.2) is 8.42 Å². The number of rotatable bonds is 8. The van der Waals surface area contributed by atoms with Crippen molar-refractivity contribution in [3.63, 3.8) is 0 Å². The lowest BCUT2D eigenvalue weighted by atomic mass is 10.1. The predicted molar refractivity (Wildman–Crippen MR) is 114 cm³/mol. The van der Waals surface area contributed by atoms with E-state index in [0.717, 1.165) is 18.6 Å². The van der Waals surface area contributed by atoms with Gasteiger partial charge < -0.3 is 9.57 Å². The summed E-state index contributed by atoms with van der Waals surface area (Å²) in [6.07, 6.45) is -2.77. The van der Waals surface area contributed by atoms with Crippen LogP contribution in [0.2, 0.25) is 0 Å². The molecule has 10 heteroatoms. The second-order valence-electron chi connectivity index (χ2n) is 7.35. The number of ether oxygens (including phenoxy) is 1. The molecule has 0 radical (unpaired) electrons. The van der Waals surface area contributed by atoms with E-state index >= 15 is 0 Å². The lowest BCUT2D eigenvalue weighted by Crippen LogP contribution is -2.38. The van der Waals surface area contributed by atoms with E-state index in [1.807, 2.05) is 6.92 Å². The first-order chi connectivity index (χ1) is 15.2. The normalized spacial score (nSPS) is 15.4. The Bertz CT molecular complexity index is 1030. The number of hydrogen-bond donors (Lipinski definition) is 0. The van der Waals surface area contributed by atoms with Gasteiger partial charge in [-0.05, 0) is 48.4 Å². The van der Waals surface area contributed by atoms with Crippen LogP contribution in [0.3, 0.4) is 0 Å². The lowest BCUT2D eigenvalue weighted by Gasteiger charge is -2.26. The summed E-state index contributed by atoms with van der Waals surface area (Å²) in [5.74, 6) is 0.622. The lowest BCUT2D eigenvalue weighted by molar-refractivity contribution is -0.137. The standard InChI is InChI=1S/C22H25F3N2O4S/c1-2-14-30-20-6-8-21(9-7-20)32(28,29)27-12-10-19(11-13-27)26-31-16-17-4-3-5-18(15-17)22(23,24)25/h3-9,15H,2,10-14,16H2,1H3. The molecule has 2 aromatic carbocycles. The summed E-state index contributed by atoms with van der Waals surface area (Å²) in [6.45, 7) is 2.96. The fraction of sp³-hybridized carbons (Fsp3) is 0.409. The van der Waals surface area contributed by atoms with E-state index in [9.17, 15) is 21.6 Å². The molecule has 0 saturated carbocycles. The highest BCUT2D eigenvalue weighted by Crippen LogP contribution is 2.29. The molecule has 0 aliphatic carbocycles.